The van der Waals surface area contributed by atoms with Crippen molar-refractivity contribution < 1.29 is 34.0 Å². The summed E-state index contributed by atoms with van der Waals surface area (Å²) in [5, 5.41) is 31.5. The lowest BCUT2D eigenvalue weighted by molar-refractivity contribution is -0.199. The molecule has 5 rings (SSSR count). The third-order valence-electron chi connectivity index (χ3n) is 8.55. The number of ether oxygens (including phenoxy) is 1. The van der Waals surface area contributed by atoms with Gasteiger partial charge in [0.1, 0.15) is 0 Å². The molecule has 3 N–H and O–H groups in total. The van der Waals surface area contributed by atoms with E-state index in [1.165, 1.54) is 12.2 Å². The highest BCUT2D eigenvalue weighted by molar-refractivity contribution is 6.01. The Morgan fingerprint density at radius 2 is 2.14 bits per heavy atom. The Labute approximate surface area is 167 Å². The molecule has 0 radical (unpaired) electrons. The molecule has 2 saturated carbocycles. The highest BCUT2D eigenvalue weighted by Crippen LogP contribution is 2.73. The van der Waals surface area contributed by atoms with Gasteiger partial charge in [0, 0.05) is 17.8 Å². The Balaban J connectivity index is 1.63. The number of rotatable bonds is 3. The van der Waals surface area contributed by atoms with Crippen LogP contribution in [0.3, 0.4) is 0 Å². The molecule has 8 atom stereocenters. The Hall–Kier alpha value is -1.83. The number of fused-ring (bicyclic) bond motifs is 6. The second-order valence-electron chi connectivity index (χ2n) is 9.48. The maximum Gasteiger partial charge on any atom is 0.303 e. The van der Waals surface area contributed by atoms with E-state index in [0.29, 0.717) is 18.4 Å². The van der Waals surface area contributed by atoms with Gasteiger partial charge in [0.2, 0.25) is 0 Å². The quantitative estimate of drug-likeness (QED) is 0.665. The summed E-state index contributed by atoms with van der Waals surface area (Å²) in [6, 6.07) is 0. The minimum Gasteiger partial charge on any atom is -0.481 e. The lowest BCUT2D eigenvalue weighted by Crippen LogP contribution is -2.65. The summed E-state index contributed by atoms with van der Waals surface area (Å²) >= 11 is 0. The molecule has 7 heteroatoms. The van der Waals surface area contributed by atoms with Crippen LogP contribution < -0.4 is 0 Å². The molecule has 156 valence electrons. The van der Waals surface area contributed by atoms with Crippen molar-refractivity contribution in [3.05, 3.63) is 36.0 Å². The van der Waals surface area contributed by atoms with Crippen molar-refractivity contribution in [3.63, 3.8) is 0 Å². The van der Waals surface area contributed by atoms with Crippen LogP contribution in [0.2, 0.25) is 0 Å². The average Bonchev–Trinajstić information content (AvgIpc) is 3.14. The van der Waals surface area contributed by atoms with Gasteiger partial charge in [-0.25, -0.2) is 4.39 Å². The van der Waals surface area contributed by atoms with Crippen molar-refractivity contribution in [2.75, 3.05) is 0 Å². The van der Waals surface area contributed by atoms with E-state index in [9.17, 15) is 19.8 Å². The topological polar surface area (TPSA) is 104 Å². The van der Waals surface area contributed by atoms with Gasteiger partial charge in [-0.05, 0) is 56.3 Å². The van der Waals surface area contributed by atoms with Crippen LogP contribution in [-0.4, -0.2) is 50.7 Å². The van der Waals surface area contributed by atoms with E-state index in [2.05, 4.69) is 0 Å². The van der Waals surface area contributed by atoms with Crippen LogP contribution >= 0.6 is 0 Å². The maximum absolute atomic E-state index is 17.1. The van der Waals surface area contributed by atoms with Crippen LogP contribution in [0, 0.1) is 22.7 Å². The van der Waals surface area contributed by atoms with Crippen LogP contribution in [-0.2, 0) is 14.3 Å². The third kappa shape index (κ3) is 2.06. The van der Waals surface area contributed by atoms with Crippen LogP contribution in [0.5, 0.6) is 0 Å². The van der Waals surface area contributed by atoms with E-state index >= 15 is 4.39 Å². The number of ketones is 1. The van der Waals surface area contributed by atoms with E-state index in [1.54, 1.807) is 25.2 Å². The standard InChI is InChI=1S/C22H25FO6/c1-19-7-4-13(24)10-12(19)2-3-15-14-5-8-20(28,9-6-17(25)26)21(14)11-16(22(15,19)23)29-18(21)27/h2-4,7,10,14-16,18,27-28H,5-6,8-9,11H2,1H3,(H,25,26)/t14-,15-,16?,18?,19-,20+,21-,22-/m0/s1. The van der Waals surface area contributed by atoms with E-state index in [1.807, 2.05) is 0 Å². The smallest absolute Gasteiger partial charge is 0.303 e. The van der Waals surface area contributed by atoms with Gasteiger partial charge in [0.05, 0.1) is 17.1 Å². The predicted molar refractivity (Wildman–Crippen MR) is 99.3 cm³/mol. The lowest BCUT2D eigenvalue weighted by atomic mass is 9.47. The molecule has 29 heavy (non-hydrogen) atoms. The molecule has 1 saturated heterocycles. The van der Waals surface area contributed by atoms with Gasteiger partial charge in [-0.1, -0.05) is 18.2 Å². The molecule has 1 heterocycles. The first kappa shape index (κ1) is 19.2. The minimum atomic E-state index is -1.88. The van der Waals surface area contributed by atoms with Gasteiger partial charge in [0.25, 0.3) is 0 Å². The second-order valence-corrected chi connectivity index (χ2v) is 9.48. The number of alkyl halides is 1. The maximum atomic E-state index is 17.1. The molecular formula is C22H25FO6. The summed E-state index contributed by atoms with van der Waals surface area (Å²) in [7, 11) is 0. The summed E-state index contributed by atoms with van der Waals surface area (Å²) in [5.41, 5.74) is -4.89. The molecule has 1 spiro atoms. The van der Waals surface area contributed by atoms with E-state index in [4.69, 9.17) is 9.84 Å². The number of aliphatic carboxylic acids is 1. The van der Waals surface area contributed by atoms with E-state index in [0.717, 1.165) is 0 Å². The first-order valence-corrected chi connectivity index (χ1v) is 10.2. The summed E-state index contributed by atoms with van der Waals surface area (Å²) in [6.45, 7) is 1.75. The zero-order valence-corrected chi connectivity index (χ0v) is 16.2. The van der Waals surface area contributed by atoms with Gasteiger partial charge in [-0.15, -0.1) is 0 Å². The number of carbonyl (C=O) groups is 2. The average molecular weight is 404 g/mol. The Kier molecular flexibility index (Phi) is 3.73. The summed E-state index contributed by atoms with van der Waals surface area (Å²) < 4.78 is 22.9. The van der Waals surface area contributed by atoms with Gasteiger partial charge >= 0.3 is 5.97 Å². The van der Waals surface area contributed by atoms with Gasteiger partial charge in [-0.2, -0.15) is 0 Å². The second kappa shape index (κ2) is 5.65. The summed E-state index contributed by atoms with van der Waals surface area (Å²) in [4.78, 5) is 23.0. The number of halogens is 1. The lowest BCUT2D eigenvalue weighted by Gasteiger charge is -2.58. The number of carbonyl (C=O) groups excluding carboxylic acids is 1. The zero-order chi connectivity index (χ0) is 20.8. The van der Waals surface area contributed by atoms with Gasteiger partial charge in [-0.3, -0.25) is 9.59 Å². The molecule has 5 aliphatic rings. The molecule has 2 bridgehead atoms. The van der Waals surface area contributed by atoms with Gasteiger partial charge in [0.15, 0.2) is 17.7 Å². The van der Waals surface area contributed by atoms with Gasteiger partial charge < -0.3 is 20.1 Å². The largest absolute Gasteiger partial charge is 0.481 e. The molecule has 0 aromatic carbocycles. The van der Waals surface area contributed by atoms with Crippen molar-refractivity contribution >= 4 is 11.8 Å². The molecule has 3 fully saturated rings. The number of aliphatic hydroxyl groups excluding tert-OH is 1. The summed E-state index contributed by atoms with van der Waals surface area (Å²) in [6.07, 6.45) is 6.31. The highest BCUT2D eigenvalue weighted by Gasteiger charge is 2.79. The summed E-state index contributed by atoms with van der Waals surface area (Å²) in [5.74, 6) is -2.21. The number of aliphatic hydroxyl groups is 2. The molecule has 4 aliphatic carbocycles. The molecule has 2 unspecified atom stereocenters. The third-order valence-corrected chi connectivity index (χ3v) is 8.55. The van der Waals surface area contributed by atoms with E-state index < -0.39 is 46.4 Å². The van der Waals surface area contributed by atoms with Crippen molar-refractivity contribution in [2.45, 2.75) is 62.7 Å². The molecule has 1 aliphatic heterocycles. The Morgan fingerprint density at radius 1 is 1.38 bits per heavy atom. The number of hydrogen-bond acceptors (Lipinski definition) is 5. The molecular weight excluding hydrogens is 379 g/mol. The highest BCUT2D eigenvalue weighted by atomic mass is 19.1. The van der Waals surface area contributed by atoms with Crippen molar-refractivity contribution in [3.8, 4) is 0 Å². The number of carboxylic acid groups (broad SMARTS) is 1. The molecule has 0 aromatic rings. The van der Waals surface area contributed by atoms with Crippen molar-refractivity contribution in [2.24, 2.45) is 22.7 Å². The fraction of sp³-hybridized carbons (Fsp3) is 0.636. The fourth-order valence-corrected chi connectivity index (χ4v) is 7.07. The molecule has 0 amide bonds. The first-order valence-electron chi connectivity index (χ1n) is 10.2. The van der Waals surface area contributed by atoms with Crippen LogP contribution in [0.1, 0.15) is 39.0 Å². The van der Waals surface area contributed by atoms with Crippen LogP contribution in [0.25, 0.3) is 0 Å². The Morgan fingerprint density at radius 3 is 2.86 bits per heavy atom. The molecule has 6 nitrogen and oxygen atoms in total. The SMILES string of the molecule is C[C@]12C=CC(=O)C=C1C=C[C@H]1[C@@H]3CC[C@@](O)(CCC(=O)O)[C@@]34CC(OC4O)[C@@]12F. The number of hydrogen-bond donors (Lipinski definition) is 3. The fourth-order valence-electron chi connectivity index (χ4n) is 7.07. The zero-order valence-electron chi connectivity index (χ0n) is 16.2. The number of carboxylic acids is 1. The van der Waals surface area contributed by atoms with Crippen LogP contribution in [0.15, 0.2) is 36.0 Å². The van der Waals surface area contributed by atoms with E-state index in [-0.39, 0.29) is 31.0 Å². The molecule has 0 aromatic heterocycles. The first-order chi connectivity index (χ1) is 13.6. The van der Waals surface area contributed by atoms with Crippen molar-refractivity contribution in [1.29, 1.82) is 0 Å². The normalized spacial score (nSPS) is 52.0. The predicted octanol–water partition coefficient (Wildman–Crippen LogP) is 2.07. The van der Waals surface area contributed by atoms with Crippen molar-refractivity contribution in [1.82, 2.24) is 0 Å². The minimum absolute atomic E-state index is 0.00147. The Bertz CT molecular complexity index is 894. The monoisotopic (exact) mass is 404 g/mol. The van der Waals surface area contributed by atoms with Crippen LogP contribution in [0.4, 0.5) is 4.39 Å². The number of allylic oxidation sites excluding steroid dienone is 6.